The monoisotopic (exact) mass is 538 g/mol. The molecule has 1 N–H and O–H groups in total. The number of carbonyl (C=O) groups excluding carboxylic acids is 2. The second kappa shape index (κ2) is 10.0. The topological polar surface area (TPSA) is 60.3 Å². The van der Waals surface area contributed by atoms with Crippen LogP contribution in [0.1, 0.15) is 46.3 Å². The fourth-order valence-corrected chi connectivity index (χ4v) is 4.22. The number of amides is 1. The molecule has 1 unspecified atom stereocenters. The number of hydrogen-bond acceptors (Lipinski definition) is 3. The smallest absolute Gasteiger partial charge is 0.412 e. The molecule has 5 nitrogen and oxygen atoms in total. The third-order valence-corrected chi connectivity index (χ3v) is 5.84. The number of fused-ring (bicyclic) bond motifs is 1. The summed E-state index contributed by atoms with van der Waals surface area (Å²) < 4.78 is 61.6. The highest BCUT2D eigenvalue weighted by Crippen LogP contribution is 2.37. The van der Waals surface area contributed by atoms with E-state index in [9.17, 15) is 27.2 Å². The van der Waals surface area contributed by atoms with E-state index in [0.717, 1.165) is 12.1 Å². The van der Waals surface area contributed by atoms with Gasteiger partial charge in [-0.3, -0.25) is 4.79 Å². The maximum absolute atomic E-state index is 13.8. The van der Waals surface area contributed by atoms with E-state index < -0.39 is 45.5 Å². The molecule has 182 valence electrons. The van der Waals surface area contributed by atoms with Crippen molar-refractivity contribution in [3.05, 3.63) is 68.0 Å². The summed E-state index contributed by atoms with van der Waals surface area (Å²) in [6.07, 6.45) is -4.94. The number of benzene rings is 2. The van der Waals surface area contributed by atoms with Crippen molar-refractivity contribution >= 4 is 57.6 Å². The first-order valence-corrected chi connectivity index (χ1v) is 11.0. The number of rotatable bonds is 6. The number of hydrogen-bond donors (Lipinski definition) is 1. The van der Waals surface area contributed by atoms with Crippen molar-refractivity contribution in [3.8, 4) is 0 Å². The van der Waals surface area contributed by atoms with Crippen molar-refractivity contribution in [3.63, 3.8) is 0 Å². The lowest BCUT2D eigenvalue weighted by Gasteiger charge is -2.23. The molecule has 0 aliphatic rings. The van der Waals surface area contributed by atoms with Gasteiger partial charge in [-0.2, -0.15) is 13.2 Å². The summed E-state index contributed by atoms with van der Waals surface area (Å²) in [5.41, 5.74) is -0.158. The average Bonchev–Trinajstić information content (AvgIpc) is 3.11. The van der Waals surface area contributed by atoms with Crippen molar-refractivity contribution in [1.29, 1.82) is 0 Å². The number of ether oxygens (including phenoxy) is 1. The first kappa shape index (κ1) is 26.1. The summed E-state index contributed by atoms with van der Waals surface area (Å²) in [6, 6.07) is 3.16. The first-order chi connectivity index (χ1) is 15.9. The number of esters is 1. The zero-order chi connectivity index (χ0) is 25.4. The maximum atomic E-state index is 13.8. The van der Waals surface area contributed by atoms with Crippen LogP contribution >= 0.6 is 34.8 Å². The molecule has 34 heavy (non-hydrogen) atoms. The van der Waals surface area contributed by atoms with Gasteiger partial charge in [-0.05, 0) is 49.7 Å². The van der Waals surface area contributed by atoms with Gasteiger partial charge in [0.05, 0.1) is 32.8 Å². The highest BCUT2D eigenvalue weighted by molar-refractivity contribution is 6.35. The molecule has 3 rings (SSSR count). The number of carbonyl (C=O) groups is 2. The van der Waals surface area contributed by atoms with Gasteiger partial charge < -0.3 is 14.6 Å². The SMILES string of the molecule is CCOC(=O)c1cc2cc(C(=O)NC(c3cc(Cl)c(F)c(Cl)c3)C(F)(F)F)n(CC)c2cc1Cl. The molecule has 0 radical (unpaired) electrons. The minimum atomic E-state index is -4.94. The van der Waals surface area contributed by atoms with Crippen molar-refractivity contribution in [2.75, 3.05) is 6.61 Å². The van der Waals surface area contributed by atoms with Gasteiger partial charge in [0, 0.05) is 11.9 Å². The Hall–Kier alpha value is -2.49. The molecule has 1 aromatic heterocycles. The fourth-order valence-electron chi connectivity index (χ4n) is 3.48. The van der Waals surface area contributed by atoms with Gasteiger partial charge in [0.25, 0.3) is 5.91 Å². The van der Waals surface area contributed by atoms with E-state index >= 15 is 0 Å². The Bertz CT molecular complexity index is 1250. The molecule has 0 aliphatic heterocycles. The number of halogens is 7. The van der Waals surface area contributed by atoms with E-state index in [-0.39, 0.29) is 29.4 Å². The van der Waals surface area contributed by atoms with E-state index in [0.29, 0.717) is 10.9 Å². The Labute approximate surface area is 206 Å². The molecule has 12 heteroatoms. The van der Waals surface area contributed by atoms with E-state index in [1.807, 2.05) is 5.32 Å². The Morgan fingerprint density at radius 2 is 1.65 bits per heavy atom. The van der Waals surface area contributed by atoms with Crippen LogP contribution < -0.4 is 5.32 Å². The predicted octanol–water partition coefficient (Wildman–Crippen LogP) is 6.97. The van der Waals surface area contributed by atoms with E-state index in [4.69, 9.17) is 39.5 Å². The van der Waals surface area contributed by atoms with Crippen LogP contribution in [0.4, 0.5) is 17.6 Å². The summed E-state index contributed by atoms with van der Waals surface area (Å²) in [5.74, 6) is -2.81. The molecule has 0 saturated carbocycles. The third-order valence-electron chi connectivity index (χ3n) is 4.98. The Morgan fingerprint density at radius 3 is 2.18 bits per heavy atom. The van der Waals surface area contributed by atoms with E-state index in [1.165, 1.54) is 22.8 Å². The third kappa shape index (κ3) is 5.11. The quantitative estimate of drug-likeness (QED) is 0.209. The Balaban J connectivity index is 2.06. The van der Waals surface area contributed by atoms with Gasteiger partial charge >= 0.3 is 12.1 Å². The largest absolute Gasteiger partial charge is 0.462 e. The maximum Gasteiger partial charge on any atom is 0.412 e. The molecule has 0 bridgehead atoms. The summed E-state index contributed by atoms with van der Waals surface area (Å²) in [5, 5.41) is 1.15. The number of nitrogens with zero attached hydrogens (tertiary/aromatic N) is 1. The summed E-state index contributed by atoms with van der Waals surface area (Å²) in [4.78, 5) is 25.1. The van der Waals surface area contributed by atoms with Gasteiger partial charge in [-0.1, -0.05) is 34.8 Å². The lowest BCUT2D eigenvalue weighted by Crippen LogP contribution is -2.39. The molecule has 1 atom stereocenters. The molecule has 1 heterocycles. The minimum absolute atomic E-state index is 0.0555. The van der Waals surface area contributed by atoms with Gasteiger partial charge in [-0.25, -0.2) is 9.18 Å². The Morgan fingerprint density at radius 1 is 1.03 bits per heavy atom. The second-order valence-corrected chi connectivity index (χ2v) is 8.35. The van der Waals surface area contributed by atoms with E-state index in [2.05, 4.69) is 0 Å². The summed E-state index contributed by atoms with van der Waals surface area (Å²) in [7, 11) is 0. The van der Waals surface area contributed by atoms with Gasteiger partial charge in [0.2, 0.25) is 0 Å². The minimum Gasteiger partial charge on any atom is -0.462 e. The zero-order valence-corrected chi connectivity index (χ0v) is 20.0. The normalized spacial score (nSPS) is 12.6. The van der Waals surface area contributed by atoms with Crippen LogP contribution in [0, 0.1) is 5.82 Å². The van der Waals surface area contributed by atoms with Crippen molar-refractivity contribution in [2.24, 2.45) is 0 Å². The van der Waals surface area contributed by atoms with Gasteiger partial charge in [0.1, 0.15) is 5.69 Å². The standard InChI is InChI=1S/C22H17Cl3F4N2O3/c1-3-31-16-9-13(23)12(21(33)34-4-2)5-10(16)8-17(31)20(32)30-19(22(27,28)29)11-6-14(24)18(26)15(25)7-11/h5-9,19H,3-4H2,1-2H3,(H,30,32). The fraction of sp³-hybridized carbons (Fsp3) is 0.273. The molecule has 0 aliphatic carbocycles. The lowest BCUT2D eigenvalue weighted by molar-refractivity contribution is -0.155. The van der Waals surface area contributed by atoms with Crippen LogP contribution in [0.15, 0.2) is 30.3 Å². The molecule has 1 amide bonds. The molecule has 0 saturated heterocycles. The number of alkyl halides is 3. The van der Waals surface area contributed by atoms with E-state index in [1.54, 1.807) is 13.8 Å². The molecular formula is C22H17Cl3F4N2O3. The number of nitrogens with one attached hydrogen (secondary N) is 1. The molecule has 3 aromatic rings. The van der Waals surface area contributed by atoms with Crippen molar-refractivity contribution in [2.45, 2.75) is 32.6 Å². The Kier molecular flexibility index (Phi) is 7.69. The van der Waals surface area contributed by atoms with Crippen LogP contribution in [0.25, 0.3) is 10.9 Å². The molecule has 0 fully saturated rings. The van der Waals surface area contributed by atoms with Crippen LogP contribution in [0.5, 0.6) is 0 Å². The lowest BCUT2D eigenvalue weighted by atomic mass is 10.1. The molecule has 2 aromatic carbocycles. The second-order valence-electron chi connectivity index (χ2n) is 7.13. The molecular weight excluding hydrogens is 523 g/mol. The van der Waals surface area contributed by atoms with Crippen LogP contribution in [-0.2, 0) is 11.3 Å². The van der Waals surface area contributed by atoms with Crippen LogP contribution in [0.3, 0.4) is 0 Å². The number of aryl methyl sites for hydroxylation is 1. The highest BCUT2D eigenvalue weighted by atomic mass is 35.5. The van der Waals surface area contributed by atoms with Gasteiger partial charge in [0.15, 0.2) is 11.9 Å². The van der Waals surface area contributed by atoms with Gasteiger partial charge in [-0.15, -0.1) is 0 Å². The zero-order valence-electron chi connectivity index (χ0n) is 17.7. The molecule has 0 spiro atoms. The van der Waals surface area contributed by atoms with Crippen molar-refractivity contribution in [1.82, 2.24) is 9.88 Å². The highest BCUT2D eigenvalue weighted by Gasteiger charge is 2.43. The predicted molar refractivity (Wildman–Crippen MR) is 121 cm³/mol. The summed E-state index contributed by atoms with van der Waals surface area (Å²) in [6.45, 7) is 3.64. The van der Waals surface area contributed by atoms with Crippen molar-refractivity contribution < 1.29 is 31.9 Å². The average molecular weight is 540 g/mol. The first-order valence-electron chi connectivity index (χ1n) is 9.90. The van der Waals surface area contributed by atoms with Crippen LogP contribution in [0.2, 0.25) is 15.1 Å². The number of aromatic nitrogens is 1. The van der Waals surface area contributed by atoms with Crippen LogP contribution in [-0.4, -0.2) is 29.2 Å². The summed E-state index contributed by atoms with van der Waals surface area (Å²) >= 11 is 17.5.